The van der Waals surface area contributed by atoms with Crippen LogP contribution in [0.5, 0.6) is 0 Å². The first-order chi connectivity index (χ1) is 10.6. The zero-order valence-corrected chi connectivity index (χ0v) is 14.8. The number of halogens is 1. The maximum Gasteiger partial charge on any atom is 0.408 e. The van der Waals surface area contributed by atoms with Crippen LogP contribution in [0.25, 0.3) is 0 Å². The normalized spacial score (nSPS) is 12.2. The lowest BCUT2D eigenvalue weighted by molar-refractivity contribution is -0.142. The topological polar surface area (TPSA) is 93.7 Å². The maximum absolute atomic E-state index is 11.9. The Balaban J connectivity index is 2.63. The van der Waals surface area contributed by atoms with E-state index < -0.39 is 29.6 Å². The number of hydrogen-bond acceptors (Lipinski definition) is 6. The van der Waals surface area contributed by atoms with Crippen LogP contribution in [0.4, 0.5) is 4.79 Å². The molecular weight excluding hydrogens is 344 g/mol. The van der Waals surface area contributed by atoms with Crippen molar-refractivity contribution >= 4 is 40.9 Å². The molecule has 0 aliphatic heterocycles. The van der Waals surface area contributed by atoms with Crippen LogP contribution in [0.3, 0.4) is 0 Å². The molecule has 9 heteroatoms. The van der Waals surface area contributed by atoms with Gasteiger partial charge >= 0.3 is 12.1 Å². The highest BCUT2D eigenvalue weighted by Gasteiger charge is 2.25. The zero-order chi connectivity index (χ0) is 17.6. The van der Waals surface area contributed by atoms with Crippen molar-refractivity contribution < 1.29 is 23.9 Å². The molecule has 0 aliphatic carbocycles. The van der Waals surface area contributed by atoms with E-state index in [0.29, 0.717) is 9.21 Å². The molecule has 1 heterocycles. The molecule has 0 saturated carbocycles. The second-order valence-corrected chi connectivity index (χ2v) is 7.25. The number of carbonyl (C=O) groups excluding carboxylic acids is 3. The van der Waals surface area contributed by atoms with Crippen LogP contribution in [-0.2, 0) is 14.3 Å². The van der Waals surface area contributed by atoms with Crippen molar-refractivity contribution in [3.8, 4) is 0 Å². The highest BCUT2D eigenvalue weighted by molar-refractivity contribution is 7.17. The third-order valence-corrected chi connectivity index (χ3v) is 3.67. The average molecular weight is 363 g/mol. The minimum absolute atomic E-state index is 0.139. The Morgan fingerprint density at radius 3 is 2.43 bits per heavy atom. The summed E-state index contributed by atoms with van der Waals surface area (Å²) in [6.07, 6.45) is -0.777. The van der Waals surface area contributed by atoms with Crippen molar-refractivity contribution in [1.29, 1.82) is 0 Å². The van der Waals surface area contributed by atoms with Crippen molar-refractivity contribution in [2.45, 2.75) is 32.4 Å². The number of hydrogen-bond donors (Lipinski definition) is 2. The zero-order valence-electron chi connectivity index (χ0n) is 13.3. The maximum atomic E-state index is 11.9. The molecule has 1 unspecified atom stereocenters. The van der Waals surface area contributed by atoms with Gasteiger partial charge in [0.05, 0.1) is 16.3 Å². The average Bonchev–Trinajstić information content (AvgIpc) is 2.86. The molecule has 1 atom stereocenters. The van der Waals surface area contributed by atoms with Gasteiger partial charge in [0.25, 0.3) is 5.91 Å². The SMILES string of the molecule is COC(=O)C(CNC(=O)c1ccc(Cl)s1)NC(=O)OC(C)(C)C. The minimum Gasteiger partial charge on any atom is -0.467 e. The molecule has 0 spiro atoms. The lowest BCUT2D eigenvalue weighted by atomic mass is 10.2. The number of esters is 1. The second kappa shape index (κ2) is 8.16. The van der Waals surface area contributed by atoms with E-state index in [1.807, 2.05) is 0 Å². The molecule has 1 rings (SSSR count). The van der Waals surface area contributed by atoms with Crippen LogP contribution in [0.15, 0.2) is 12.1 Å². The molecule has 0 aliphatic rings. The fraction of sp³-hybridized carbons (Fsp3) is 0.500. The molecule has 23 heavy (non-hydrogen) atoms. The van der Waals surface area contributed by atoms with Crippen molar-refractivity contribution in [3.63, 3.8) is 0 Å². The third-order valence-electron chi connectivity index (χ3n) is 2.44. The number of nitrogens with one attached hydrogen (secondary N) is 2. The summed E-state index contributed by atoms with van der Waals surface area (Å²) in [6, 6.07) is 2.10. The van der Waals surface area contributed by atoms with Gasteiger partial charge in [-0.25, -0.2) is 9.59 Å². The molecule has 0 bridgehead atoms. The van der Waals surface area contributed by atoms with E-state index in [1.165, 1.54) is 7.11 Å². The van der Waals surface area contributed by atoms with E-state index in [-0.39, 0.29) is 6.54 Å². The molecule has 2 amide bonds. The summed E-state index contributed by atoms with van der Waals surface area (Å²) < 4.78 is 10.2. The van der Waals surface area contributed by atoms with Crippen molar-refractivity contribution in [2.75, 3.05) is 13.7 Å². The Kier molecular flexibility index (Phi) is 6.83. The van der Waals surface area contributed by atoms with Crippen molar-refractivity contribution in [2.24, 2.45) is 0 Å². The van der Waals surface area contributed by atoms with Crippen LogP contribution < -0.4 is 10.6 Å². The molecule has 128 valence electrons. The number of amides is 2. The van der Waals surface area contributed by atoms with Gasteiger partial charge in [0, 0.05) is 6.54 Å². The first-order valence-corrected chi connectivity index (χ1v) is 7.92. The molecule has 0 saturated heterocycles. The molecule has 2 N–H and O–H groups in total. The van der Waals surface area contributed by atoms with E-state index in [1.54, 1.807) is 32.9 Å². The quantitative estimate of drug-likeness (QED) is 0.783. The molecular formula is C14H19ClN2O5S. The predicted octanol–water partition coefficient (Wildman–Crippen LogP) is 2.20. The standard InChI is InChI=1S/C14H19ClN2O5S/c1-14(2,3)22-13(20)17-8(12(19)21-4)7-16-11(18)9-5-6-10(15)23-9/h5-6,8H,7H2,1-4H3,(H,16,18)(H,17,20). The van der Waals surface area contributed by atoms with Gasteiger partial charge in [-0.1, -0.05) is 11.6 Å². The summed E-state index contributed by atoms with van der Waals surface area (Å²) in [5.74, 6) is -1.10. The third kappa shape index (κ3) is 6.87. The van der Waals surface area contributed by atoms with E-state index >= 15 is 0 Å². The number of methoxy groups -OCH3 is 1. The largest absolute Gasteiger partial charge is 0.467 e. The number of rotatable bonds is 5. The van der Waals surface area contributed by atoms with E-state index in [2.05, 4.69) is 15.4 Å². The van der Waals surface area contributed by atoms with Crippen LogP contribution in [0.2, 0.25) is 4.34 Å². The lowest BCUT2D eigenvalue weighted by Crippen LogP contribution is -2.50. The Morgan fingerprint density at radius 2 is 1.96 bits per heavy atom. The Labute approximate surface area is 143 Å². The van der Waals surface area contributed by atoms with Gasteiger partial charge in [-0.3, -0.25) is 4.79 Å². The first kappa shape index (κ1) is 19.2. The summed E-state index contributed by atoms with van der Waals surface area (Å²) in [5, 5.41) is 4.90. The van der Waals surface area contributed by atoms with Crippen LogP contribution in [0.1, 0.15) is 30.4 Å². The second-order valence-electron chi connectivity index (χ2n) is 5.54. The number of carbonyl (C=O) groups is 3. The van der Waals surface area contributed by atoms with Gasteiger partial charge in [0.2, 0.25) is 0 Å². The summed E-state index contributed by atoms with van der Waals surface area (Å²) in [5.41, 5.74) is -0.707. The fourth-order valence-corrected chi connectivity index (χ4v) is 2.46. The molecule has 0 radical (unpaired) electrons. The Hall–Kier alpha value is -1.80. The molecule has 1 aromatic heterocycles. The monoisotopic (exact) mass is 362 g/mol. The molecule has 1 aromatic rings. The highest BCUT2D eigenvalue weighted by Crippen LogP contribution is 2.21. The molecule has 7 nitrogen and oxygen atoms in total. The molecule has 0 fully saturated rings. The minimum atomic E-state index is -1.06. The van der Waals surface area contributed by atoms with Gasteiger partial charge in [0.15, 0.2) is 0 Å². The van der Waals surface area contributed by atoms with Crippen molar-refractivity contribution in [3.05, 3.63) is 21.3 Å². The fourth-order valence-electron chi connectivity index (χ4n) is 1.50. The van der Waals surface area contributed by atoms with Gasteiger partial charge in [-0.2, -0.15) is 0 Å². The number of ether oxygens (including phenoxy) is 2. The summed E-state index contributed by atoms with van der Waals surface area (Å²) in [7, 11) is 1.19. The van der Waals surface area contributed by atoms with Crippen LogP contribution >= 0.6 is 22.9 Å². The smallest absolute Gasteiger partial charge is 0.408 e. The van der Waals surface area contributed by atoms with E-state index in [0.717, 1.165) is 11.3 Å². The lowest BCUT2D eigenvalue weighted by Gasteiger charge is -2.22. The number of thiophene rings is 1. The first-order valence-electron chi connectivity index (χ1n) is 6.73. The summed E-state index contributed by atoms with van der Waals surface area (Å²) >= 11 is 6.87. The van der Waals surface area contributed by atoms with Gasteiger partial charge in [-0.15, -0.1) is 11.3 Å². The van der Waals surface area contributed by atoms with Crippen LogP contribution in [-0.4, -0.2) is 43.3 Å². The van der Waals surface area contributed by atoms with E-state index in [9.17, 15) is 14.4 Å². The summed E-state index contributed by atoms with van der Waals surface area (Å²) in [6.45, 7) is 4.95. The highest BCUT2D eigenvalue weighted by atomic mass is 35.5. The van der Waals surface area contributed by atoms with Crippen molar-refractivity contribution in [1.82, 2.24) is 10.6 Å². The van der Waals surface area contributed by atoms with E-state index in [4.69, 9.17) is 16.3 Å². The molecule has 0 aromatic carbocycles. The Morgan fingerprint density at radius 1 is 1.30 bits per heavy atom. The Bertz CT molecular complexity index is 582. The van der Waals surface area contributed by atoms with Crippen LogP contribution in [0, 0.1) is 0 Å². The van der Waals surface area contributed by atoms with Gasteiger partial charge in [0.1, 0.15) is 11.6 Å². The van der Waals surface area contributed by atoms with Gasteiger partial charge < -0.3 is 20.1 Å². The number of alkyl carbamates (subject to hydrolysis) is 1. The van der Waals surface area contributed by atoms with Gasteiger partial charge in [-0.05, 0) is 32.9 Å². The summed E-state index contributed by atoms with van der Waals surface area (Å²) in [4.78, 5) is 35.8. The predicted molar refractivity (Wildman–Crippen MR) is 86.8 cm³/mol.